The van der Waals surface area contributed by atoms with Crippen LogP contribution in [0.1, 0.15) is 17.3 Å². The van der Waals surface area contributed by atoms with Gasteiger partial charge in [0.1, 0.15) is 0 Å². The molecule has 2 heterocycles. The number of hydrogen-bond donors (Lipinski definition) is 1. The van der Waals surface area contributed by atoms with Gasteiger partial charge in [0.15, 0.2) is 11.0 Å². The first kappa shape index (κ1) is 18.3. The lowest BCUT2D eigenvalue weighted by Crippen LogP contribution is -2.12. The van der Waals surface area contributed by atoms with Crippen LogP contribution in [0.15, 0.2) is 53.9 Å². The van der Waals surface area contributed by atoms with Crippen molar-refractivity contribution in [3.63, 3.8) is 0 Å². The maximum atomic E-state index is 12.7. The summed E-state index contributed by atoms with van der Waals surface area (Å²) in [4.78, 5) is 17.1. The van der Waals surface area contributed by atoms with Crippen LogP contribution in [-0.2, 0) is 6.54 Å². The third-order valence-electron chi connectivity index (χ3n) is 4.08. The van der Waals surface area contributed by atoms with Crippen LogP contribution < -0.4 is 5.32 Å². The molecule has 0 bridgehead atoms. The monoisotopic (exact) mass is 410 g/mol. The van der Waals surface area contributed by atoms with Gasteiger partial charge in [-0.2, -0.15) is 0 Å². The van der Waals surface area contributed by atoms with E-state index in [1.807, 2.05) is 42.6 Å². The van der Waals surface area contributed by atoms with E-state index in [9.17, 15) is 4.79 Å². The molecule has 2 aromatic carbocycles. The molecule has 0 saturated heterocycles. The van der Waals surface area contributed by atoms with Crippen molar-refractivity contribution in [1.82, 2.24) is 25.2 Å². The lowest BCUT2D eigenvalue weighted by molar-refractivity contribution is 0.102. The van der Waals surface area contributed by atoms with E-state index in [2.05, 4.69) is 25.8 Å². The largest absolute Gasteiger partial charge is 0.298 e. The summed E-state index contributed by atoms with van der Waals surface area (Å²) >= 11 is 7.29. The van der Waals surface area contributed by atoms with Gasteiger partial charge in [0.2, 0.25) is 0 Å². The van der Waals surface area contributed by atoms with Crippen molar-refractivity contribution >= 4 is 34.0 Å². The number of halogens is 1. The molecule has 28 heavy (non-hydrogen) atoms. The molecule has 0 aliphatic heterocycles. The quantitative estimate of drug-likeness (QED) is 0.527. The molecule has 0 fully saturated rings. The van der Waals surface area contributed by atoms with E-state index < -0.39 is 0 Å². The van der Waals surface area contributed by atoms with Crippen molar-refractivity contribution < 1.29 is 4.79 Å². The van der Waals surface area contributed by atoms with Gasteiger partial charge in [-0.3, -0.25) is 10.1 Å². The molecule has 1 amide bonds. The van der Waals surface area contributed by atoms with Gasteiger partial charge in [-0.15, -0.1) is 16.4 Å². The summed E-state index contributed by atoms with van der Waals surface area (Å²) in [5, 5.41) is 17.6. The summed E-state index contributed by atoms with van der Waals surface area (Å²) in [5.74, 6) is 0.380. The lowest BCUT2D eigenvalue weighted by atomic mass is 10.1. The van der Waals surface area contributed by atoms with Gasteiger partial charge in [0, 0.05) is 33.6 Å². The first-order chi connectivity index (χ1) is 13.6. The zero-order valence-corrected chi connectivity index (χ0v) is 16.4. The van der Waals surface area contributed by atoms with E-state index in [0.29, 0.717) is 28.1 Å². The van der Waals surface area contributed by atoms with Gasteiger partial charge in [-0.1, -0.05) is 35.9 Å². The number of tetrazole rings is 1. The third kappa shape index (κ3) is 3.78. The zero-order chi connectivity index (χ0) is 19.5. The minimum atomic E-state index is -0.241. The number of nitrogens with one attached hydrogen (secondary N) is 1. The average Bonchev–Trinajstić information content (AvgIpc) is 3.38. The molecule has 0 radical (unpaired) electrons. The second-order valence-corrected chi connectivity index (χ2v) is 7.19. The topological polar surface area (TPSA) is 85.6 Å². The number of amides is 1. The molecule has 9 heteroatoms. The number of hydrogen-bond acceptors (Lipinski definition) is 6. The van der Waals surface area contributed by atoms with Crippen LogP contribution in [0, 0.1) is 0 Å². The molecule has 0 unspecified atom stereocenters. The molecular formula is C19H15ClN6OS. The number of nitrogens with zero attached hydrogens (tertiary/aromatic N) is 5. The fraction of sp³-hybridized carbons (Fsp3) is 0.105. The molecule has 0 atom stereocenters. The van der Waals surface area contributed by atoms with E-state index in [-0.39, 0.29) is 5.91 Å². The van der Waals surface area contributed by atoms with Crippen molar-refractivity contribution in [3.05, 3.63) is 64.5 Å². The summed E-state index contributed by atoms with van der Waals surface area (Å²) < 4.78 is 1.68. The normalized spacial score (nSPS) is 10.8. The van der Waals surface area contributed by atoms with Crippen LogP contribution in [0.3, 0.4) is 0 Å². The standard InChI is InChI=1S/C19H15ClN6OS/c1-2-26-17(23-24-25-26)13-4-3-5-14(10-13)18(27)22-19-21-16(11-28-19)12-6-8-15(20)9-7-12/h3-11H,2H2,1H3,(H,21,22,27). The smallest absolute Gasteiger partial charge is 0.257 e. The van der Waals surface area contributed by atoms with Gasteiger partial charge in [0.05, 0.1) is 5.69 Å². The van der Waals surface area contributed by atoms with Gasteiger partial charge < -0.3 is 0 Å². The van der Waals surface area contributed by atoms with Crippen molar-refractivity contribution in [1.29, 1.82) is 0 Å². The molecule has 4 rings (SSSR count). The summed E-state index contributed by atoms with van der Waals surface area (Å²) in [7, 11) is 0. The zero-order valence-electron chi connectivity index (χ0n) is 14.8. The van der Waals surface area contributed by atoms with Gasteiger partial charge in [-0.25, -0.2) is 9.67 Å². The second-order valence-electron chi connectivity index (χ2n) is 5.90. The Morgan fingerprint density at radius 2 is 2.00 bits per heavy atom. The Balaban J connectivity index is 1.53. The SMILES string of the molecule is CCn1nnnc1-c1cccc(C(=O)Nc2nc(-c3ccc(Cl)cc3)cs2)c1. The second kappa shape index (κ2) is 7.87. The van der Waals surface area contributed by atoms with Crippen LogP contribution in [0.5, 0.6) is 0 Å². The minimum absolute atomic E-state index is 0.241. The molecule has 7 nitrogen and oxygen atoms in total. The summed E-state index contributed by atoms with van der Waals surface area (Å²) in [6.45, 7) is 2.60. The van der Waals surface area contributed by atoms with Crippen LogP contribution in [0.25, 0.3) is 22.6 Å². The first-order valence-corrected chi connectivity index (χ1v) is 9.79. The van der Waals surface area contributed by atoms with Gasteiger partial charge >= 0.3 is 0 Å². The molecule has 0 aliphatic rings. The maximum absolute atomic E-state index is 12.7. The number of thiazole rings is 1. The number of aryl methyl sites for hydroxylation is 1. The Labute approximate surface area is 170 Å². The molecule has 0 spiro atoms. The van der Waals surface area contributed by atoms with Gasteiger partial charge in [-0.05, 0) is 41.6 Å². The maximum Gasteiger partial charge on any atom is 0.257 e. The van der Waals surface area contributed by atoms with E-state index in [4.69, 9.17) is 11.6 Å². The van der Waals surface area contributed by atoms with E-state index in [1.165, 1.54) is 11.3 Å². The predicted molar refractivity (Wildman–Crippen MR) is 109 cm³/mol. The average molecular weight is 411 g/mol. The number of carbonyl (C=O) groups excluding carboxylic acids is 1. The molecule has 2 aromatic heterocycles. The fourth-order valence-electron chi connectivity index (χ4n) is 2.68. The molecule has 140 valence electrons. The fourth-order valence-corrected chi connectivity index (χ4v) is 3.52. The Kier molecular flexibility index (Phi) is 5.14. The van der Waals surface area contributed by atoms with E-state index in [1.54, 1.807) is 22.9 Å². The third-order valence-corrected chi connectivity index (χ3v) is 5.09. The molecule has 0 saturated carbocycles. The molecular weight excluding hydrogens is 396 g/mol. The highest BCUT2D eigenvalue weighted by Gasteiger charge is 2.13. The number of aromatic nitrogens is 5. The van der Waals surface area contributed by atoms with E-state index >= 15 is 0 Å². The Morgan fingerprint density at radius 1 is 1.18 bits per heavy atom. The molecule has 1 N–H and O–H groups in total. The van der Waals surface area contributed by atoms with Gasteiger partial charge in [0.25, 0.3) is 5.91 Å². The minimum Gasteiger partial charge on any atom is -0.298 e. The van der Waals surface area contributed by atoms with Crippen molar-refractivity contribution in [2.45, 2.75) is 13.5 Å². The van der Waals surface area contributed by atoms with E-state index in [0.717, 1.165) is 16.8 Å². The predicted octanol–water partition coefficient (Wildman–Crippen LogP) is 4.39. The summed E-state index contributed by atoms with van der Waals surface area (Å²) in [6, 6.07) is 14.6. The van der Waals surface area contributed by atoms with Crippen LogP contribution in [0.4, 0.5) is 5.13 Å². The molecule has 0 aliphatic carbocycles. The summed E-state index contributed by atoms with van der Waals surface area (Å²) in [5.41, 5.74) is 3.01. The highest BCUT2D eigenvalue weighted by atomic mass is 35.5. The number of benzene rings is 2. The number of rotatable bonds is 5. The Morgan fingerprint density at radius 3 is 2.79 bits per heavy atom. The lowest BCUT2D eigenvalue weighted by Gasteiger charge is -2.05. The van der Waals surface area contributed by atoms with Crippen molar-refractivity contribution in [2.24, 2.45) is 0 Å². The number of anilines is 1. The first-order valence-electron chi connectivity index (χ1n) is 8.53. The molecule has 4 aromatic rings. The highest BCUT2D eigenvalue weighted by Crippen LogP contribution is 2.26. The number of carbonyl (C=O) groups is 1. The Bertz CT molecular complexity index is 1120. The van der Waals surface area contributed by atoms with Crippen molar-refractivity contribution in [2.75, 3.05) is 5.32 Å². The van der Waals surface area contributed by atoms with Crippen LogP contribution in [-0.4, -0.2) is 31.1 Å². The van der Waals surface area contributed by atoms with Crippen LogP contribution >= 0.6 is 22.9 Å². The summed E-state index contributed by atoms with van der Waals surface area (Å²) in [6.07, 6.45) is 0. The van der Waals surface area contributed by atoms with Crippen molar-refractivity contribution in [3.8, 4) is 22.6 Å². The van der Waals surface area contributed by atoms with Crippen LogP contribution in [0.2, 0.25) is 5.02 Å². The highest BCUT2D eigenvalue weighted by molar-refractivity contribution is 7.14. The Hall–Kier alpha value is -3.10.